The molecule has 0 spiro atoms. The lowest BCUT2D eigenvalue weighted by Gasteiger charge is -2.31. The second-order valence-corrected chi connectivity index (χ2v) is 10.8. The van der Waals surface area contributed by atoms with E-state index in [2.05, 4.69) is 17.6 Å². The van der Waals surface area contributed by atoms with Crippen molar-refractivity contribution in [3.63, 3.8) is 0 Å². The average molecular weight is 551 g/mol. The summed E-state index contributed by atoms with van der Waals surface area (Å²) in [7, 11) is 1.74. The molecule has 2 aliphatic rings. The van der Waals surface area contributed by atoms with E-state index in [4.69, 9.17) is 5.73 Å². The summed E-state index contributed by atoms with van der Waals surface area (Å²) in [4.78, 5) is 38.7. The van der Waals surface area contributed by atoms with Gasteiger partial charge in [-0.2, -0.15) is 0 Å². The Bertz CT molecular complexity index is 1020. The van der Waals surface area contributed by atoms with E-state index in [-0.39, 0.29) is 36.2 Å². The number of primary amides is 1. The van der Waals surface area contributed by atoms with Crippen molar-refractivity contribution >= 4 is 17.7 Å². The minimum Gasteiger partial charge on any atom is -0.369 e. The molecule has 1 saturated carbocycles. The third kappa shape index (κ3) is 7.94. The first-order valence-corrected chi connectivity index (χ1v) is 14.9. The lowest BCUT2D eigenvalue weighted by atomic mass is 9.76. The van der Waals surface area contributed by atoms with E-state index in [1.165, 1.54) is 12.8 Å². The number of fused-ring (bicyclic) bond motifs is 1. The molecule has 0 aromatic heterocycles. The fraction of sp³-hybridized carbons (Fsp3) is 0.545. The van der Waals surface area contributed by atoms with E-state index < -0.39 is 5.41 Å². The second-order valence-electron chi connectivity index (χ2n) is 10.8. The fourth-order valence-electron chi connectivity index (χ4n) is 5.75. The van der Waals surface area contributed by atoms with Crippen LogP contribution in [0, 0.1) is 11.8 Å². The molecule has 1 saturated heterocycles. The summed E-state index contributed by atoms with van der Waals surface area (Å²) in [6, 6.07) is 19.3. The van der Waals surface area contributed by atoms with Crippen molar-refractivity contribution in [1.82, 2.24) is 15.5 Å². The predicted octanol–water partition coefficient (Wildman–Crippen LogP) is 4.64. The van der Waals surface area contributed by atoms with Crippen molar-refractivity contribution in [3.8, 4) is 0 Å². The number of likely N-dealkylation sites (tertiary alicyclic amines) is 1. The van der Waals surface area contributed by atoms with E-state index in [0.29, 0.717) is 12.0 Å². The van der Waals surface area contributed by atoms with Crippen LogP contribution in [-0.4, -0.2) is 54.8 Å². The van der Waals surface area contributed by atoms with Crippen molar-refractivity contribution in [2.75, 3.05) is 20.1 Å². The molecule has 2 aromatic rings. The summed E-state index contributed by atoms with van der Waals surface area (Å²) in [5, 5.41) is 5.77. The lowest BCUT2D eigenvalue weighted by molar-refractivity contribution is -0.138. The normalized spacial score (nSPS) is 19.2. The van der Waals surface area contributed by atoms with Gasteiger partial charge in [0.25, 0.3) is 0 Å². The molecule has 1 heterocycles. The fourth-order valence-corrected chi connectivity index (χ4v) is 5.75. The van der Waals surface area contributed by atoms with E-state index in [1.54, 1.807) is 7.05 Å². The zero-order valence-corrected chi connectivity index (χ0v) is 25.3. The number of likely N-dealkylation sites (N-methyl/N-ethyl adjacent to an activating group) is 1. The SMILES string of the molecule is CC.CC(C(N)=O)(c1ccccc1)c1ccccc1.CCC(C)C(NC(=O)CNC)C(=O)N1CCC2CCCC21. The largest absolute Gasteiger partial charge is 0.369 e. The highest BCUT2D eigenvalue weighted by molar-refractivity contribution is 5.90. The van der Waals surface area contributed by atoms with Crippen molar-refractivity contribution in [3.05, 3.63) is 71.8 Å². The third-order valence-corrected chi connectivity index (χ3v) is 8.37. The minimum absolute atomic E-state index is 0.0988. The number of hydrogen-bond donors (Lipinski definition) is 3. The van der Waals surface area contributed by atoms with Gasteiger partial charge in [0.05, 0.1) is 12.0 Å². The lowest BCUT2D eigenvalue weighted by Crippen LogP contribution is -2.54. The number of nitrogens with one attached hydrogen (secondary N) is 2. The maximum Gasteiger partial charge on any atom is 0.245 e. The van der Waals surface area contributed by atoms with Crippen molar-refractivity contribution in [2.24, 2.45) is 17.6 Å². The monoisotopic (exact) mass is 550 g/mol. The quantitative estimate of drug-likeness (QED) is 0.423. The van der Waals surface area contributed by atoms with Crippen molar-refractivity contribution in [1.29, 1.82) is 0 Å². The van der Waals surface area contributed by atoms with Crippen molar-refractivity contribution in [2.45, 2.75) is 84.2 Å². The van der Waals surface area contributed by atoms with Gasteiger partial charge in [0, 0.05) is 12.6 Å². The number of nitrogens with zero attached hydrogens (tertiary/aromatic N) is 1. The topological polar surface area (TPSA) is 105 Å². The molecule has 1 aliphatic heterocycles. The van der Waals surface area contributed by atoms with Crippen LogP contribution in [0.3, 0.4) is 0 Å². The average Bonchev–Trinajstić information content (AvgIpc) is 3.62. The number of hydrogen-bond acceptors (Lipinski definition) is 4. The Hall–Kier alpha value is -3.19. The first-order valence-electron chi connectivity index (χ1n) is 14.9. The second kappa shape index (κ2) is 16.2. The van der Waals surface area contributed by atoms with E-state index in [0.717, 1.165) is 36.9 Å². The van der Waals surface area contributed by atoms with Crippen LogP contribution in [0.4, 0.5) is 0 Å². The van der Waals surface area contributed by atoms with Gasteiger partial charge in [0.2, 0.25) is 17.7 Å². The highest BCUT2D eigenvalue weighted by Crippen LogP contribution is 2.38. The first kappa shape index (κ1) is 33.0. The number of benzene rings is 2. The maximum absolute atomic E-state index is 12.9. The van der Waals surface area contributed by atoms with E-state index >= 15 is 0 Å². The molecule has 7 nitrogen and oxygen atoms in total. The van der Waals surface area contributed by atoms with Crippen LogP contribution in [0.2, 0.25) is 0 Å². The molecule has 220 valence electrons. The van der Waals surface area contributed by atoms with Crippen LogP contribution in [0.1, 0.15) is 77.8 Å². The minimum atomic E-state index is -0.775. The molecule has 2 aromatic carbocycles. The molecule has 0 radical (unpaired) electrons. The Morgan fingerprint density at radius 1 is 0.975 bits per heavy atom. The maximum atomic E-state index is 12.9. The molecule has 4 N–H and O–H groups in total. The summed E-state index contributed by atoms with van der Waals surface area (Å²) >= 11 is 0. The molecule has 4 unspecified atom stereocenters. The Balaban J connectivity index is 0.000000269. The summed E-state index contributed by atoms with van der Waals surface area (Å²) in [6.07, 6.45) is 5.65. The number of carbonyl (C=O) groups is 3. The van der Waals surface area contributed by atoms with Crippen LogP contribution in [0.25, 0.3) is 0 Å². The molecule has 40 heavy (non-hydrogen) atoms. The van der Waals surface area contributed by atoms with Gasteiger partial charge in [0.1, 0.15) is 6.04 Å². The smallest absolute Gasteiger partial charge is 0.245 e. The number of amides is 3. The summed E-state index contributed by atoms with van der Waals surface area (Å²) in [6.45, 7) is 11.1. The zero-order valence-electron chi connectivity index (χ0n) is 25.3. The van der Waals surface area contributed by atoms with Gasteiger partial charge in [-0.05, 0) is 56.2 Å². The Morgan fingerprint density at radius 2 is 1.52 bits per heavy atom. The molecular formula is C33H50N4O3. The van der Waals surface area contributed by atoms with Crippen LogP contribution >= 0.6 is 0 Å². The van der Waals surface area contributed by atoms with Gasteiger partial charge in [0.15, 0.2) is 0 Å². The van der Waals surface area contributed by atoms with Crippen LogP contribution in [-0.2, 0) is 19.8 Å². The standard InChI is InChI=1S/C16H29N3O2.C15H15NO.C2H6/c1-4-11(2)15(18-14(20)10-17-3)16(21)19-9-8-12-6-5-7-13(12)19;1-15(14(16)17,12-8-4-2-5-9-12)13-10-6-3-7-11-13;1-2/h11-13,15,17H,4-10H2,1-3H3,(H,18,20);2-11H,1H3,(H2,16,17);1-2H3. The molecule has 7 heteroatoms. The highest BCUT2D eigenvalue weighted by Gasteiger charge is 2.42. The van der Waals surface area contributed by atoms with Crippen LogP contribution in [0.5, 0.6) is 0 Å². The summed E-state index contributed by atoms with van der Waals surface area (Å²) < 4.78 is 0. The van der Waals surface area contributed by atoms with Gasteiger partial charge in [-0.15, -0.1) is 0 Å². The van der Waals surface area contributed by atoms with Crippen molar-refractivity contribution < 1.29 is 14.4 Å². The van der Waals surface area contributed by atoms with Gasteiger partial charge >= 0.3 is 0 Å². The third-order valence-electron chi connectivity index (χ3n) is 8.37. The van der Waals surface area contributed by atoms with Crippen LogP contribution in [0.15, 0.2) is 60.7 Å². The Kier molecular flexibility index (Phi) is 13.3. The Morgan fingerprint density at radius 3 is 2.00 bits per heavy atom. The Labute approximate surface area is 241 Å². The molecule has 1 aliphatic carbocycles. The number of carbonyl (C=O) groups excluding carboxylic acids is 3. The van der Waals surface area contributed by atoms with Gasteiger partial charge in [-0.25, -0.2) is 0 Å². The zero-order chi connectivity index (χ0) is 29.7. The van der Waals surface area contributed by atoms with Gasteiger partial charge in [-0.1, -0.05) is 101 Å². The number of rotatable bonds is 9. The molecule has 4 rings (SSSR count). The molecule has 2 fully saturated rings. The summed E-state index contributed by atoms with van der Waals surface area (Å²) in [5.41, 5.74) is 6.65. The van der Waals surface area contributed by atoms with E-state index in [9.17, 15) is 14.4 Å². The molecule has 0 bridgehead atoms. The molecule has 4 atom stereocenters. The predicted molar refractivity (Wildman–Crippen MR) is 163 cm³/mol. The van der Waals surface area contributed by atoms with Crippen LogP contribution < -0.4 is 16.4 Å². The van der Waals surface area contributed by atoms with Gasteiger partial charge < -0.3 is 21.3 Å². The molecular weight excluding hydrogens is 500 g/mol. The highest BCUT2D eigenvalue weighted by atomic mass is 16.2. The number of nitrogens with two attached hydrogens (primary N) is 1. The van der Waals surface area contributed by atoms with Gasteiger partial charge in [-0.3, -0.25) is 14.4 Å². The molecule has 3 amide bonds. The first-order chi connectivity index (χ1) is 19.2. The summed E-state index contributed by atoms with van der Waals surface area (Å²) in [5.74, 6) is 0.551. The van der Waals surface area contributed by atoms with E-state index in [1.807, 2.05) is 93.3 Å².